The van der Waals surface area contributed by atoms with Crippen molar-refractivity contribution in [3.8, 4) is 17.0 Å². The lowest BCUT2D eigenvalue weighted by molar-refractivity contribution is -0.0980. The molecule has 3 aromatic heterocycles. The third-order valence-electron chi connectivity index (χ3n) is 9.19. The van der Waals surface area contributed by atoms with Crippen LogP contribution in [0.2, 0.25) is 5.02 Å². The number of hydrogen-bond acceptors (Lipinski definition) is 8. The van der Waals surface area contributed by atoms with Crippen LogP contribution < -0.4 is 10.5 Å². The highest BCUT2D eigenvalue weighted by atomic mass is 35.5. The number of halogens is 2. The number of H-pyrrole nitrogens is 1. The van der Waals surface area contributed by atoms with Crippen molar-refractivity contribution in [3.05, 3.63) is 112 Å². The lowest BCUT2D eigenvalue weighted by Crippen LogP contribution is -2.33. The maximum absolute atomic E-state index is 14.2. The van der Waals surface area contributed by atoms with Crippen molar-refractivity contribution in [2.24, 2.45) is 5.73 Å². The Bertz CT molecular complexity index is 2160. The number of aromatic amines is 1. The van der Waals surface area contributed by atoms with Crippen LogP contribution in [-0.4, -0.2) is 69.3 Å². The van der Waals surface area contributed by atoms with Crippen LogP contribution >= 0.6 is 11.6 Å². The number of carbonyl (C=O) groups is 1. The predicted molar refractivity (Wildman–Crippen MR) is 199 cm³/mol. The second-order valence-electron chi connectivity index (χ2n) is 12.3. The Balaban J connectivity index is 0.00000108. The third kappa shape index (κ3) is 8.02. The van der Waals surface area contributed by atoms with Crippen molar-refractivity contribution in [2.45, 2.75) is 45.6 Å². The Morgan fingerprint density at radius 1 is 1.04 bits per heavy atom. The van der Waals surface area contributed by atoms with Crippen molar-refractivity contribution in [2.75, 3.05) is 26.7 Å². The minimum Gasteiger partial charge on any atom is -0.473 e. The highest BCUT2D eigenvalue weighted by molar-refractivity contribution is 6.30. The molecule has 0 radical (unpaired) electrons. The van der Waals surface area contributed by atoms with Crippen LogP contribution in [0.15, 0.2) is 78.9 Å². The summed E-state index contributed by atoms with van der Waals surface area (Å²) in [4.78, 5) is 20.3. The van der Waals surface area contributed by atoms with Gasteiger partial charge in [-0.1, -0.05) is 41.9 Å². The smallest absolute Gasteiger partial charge is 0.214 e. The zero-order valence-corrected chi connectivity index (χ0v) is 29.5. The van der Waals surface area contributed by atoms with Gasteiger partial charge in [-0.2, -0.15) is 5.10 Å². The van der Waals surface area contributed by atoms with Crippen LogP contribution in [0.1, 0.15) is 35.6 Å². The summed E-state index contributed by atoms with van der Waals surface area (Å²) in [5.74, 6) is 1.13. The molecule has 10 nitrogen and oxygen atoms in total. The average Bonchev–Trinajstić information content (AvgIpc) is 3.69. The summed E-state index contributed by atoms with van der Waals surface area (Å²) >= 11 is 5.88. The van der Waals surface area contributed by atoms with E-state index in [0.717, 1.165) is 95.9 Å². The first-order valence-corrected chi connectivity index (χ1v) is 17.2. The number of aromatic nitrogens is 5. The van der Waals surface area contributed by atoms with Crippen LogP contribution in [0.25, 0.3) is 38.6 Å². The summed E-state index contributed by atoms with van der Waals surface area (Å²) in [7, 11) is 1.50. The SMILES string of the molecule is C=O.CN.Cc1[nH]nc2ccc(-c3ccc4nc(CN5CC=C(c6cccc(OCc7ccc(Cl)cc7F)n6)CC5)n(CC5CCO5)c4c3)cc12. The zero-order chi connectivity index (χ0) is 35.9. The largest absolute Gasteiger partial charge is 0.473 e. The van der Waals surface area contributed by atoms with Gasteiger partial charge in [0.25, 0.3) is 0 Å². The summed E-state index contributed by atoms with van der Waals surface area (Å²) in [5.41, 5.74) is 13.5. The van der Waals surface area contributed by atoms with Crippen molar-refractivity contribution < 1.29 is 18.7 Å². The number of hydrogen-bond donors (Lipinski definition) is 2. The molecular formula is C39H41ClFN7O3. The van der Waals surface area contributed by atoms with Gasteiger partial charge in [0, 0.05) is 47.4 Å². The molecule has 8 rings (SSSR count). The molecule has 0 spiro atoms. The summed E-state index contributed by atoms with van der Waals surface area (Å²) in [6.07, 6.45) is 4.37. The van der Waals surface area contributed by atoms with Crippen LogP contribution in [0.5, 0.6) is 5.88 Å². The monoisotopic (exact) mass is 709 g/mol. The summed E-state index contributed by atoms with van der Waals surface area (Å²) in [5, 5.41) is 8.97. The maximum atomic E-state index is 14.2. The molecule has 1 saturated heterocycles. The molecule has 2 aliphatic heterocycles. The fraction of sp³-hybridized carbons (Fsp3) is 0.282. The van der Waals surface area contributed by atoms with Gasteiger partial charge in [-0.3, -0.25) is 10.00 Å². The fourth-order valence-electron chi connectivity index (χ4n) is 6.38. The molecule has 6 aromatic rings. The fourth-order valence-corrected chi connectivity index (χ4v) is 6.54. The number of imidazole rings is 1. The summed E-state index contributed by atoms with van der Waals surface area (Å²) in [6, 6.07) is 23.3. The first-order chi connectivity index (χ1) is 25.0. The van der Waals surface area contributed by atoms with E-state index in [9.17, 15) is 4.39 Å². The molecule has 3 N–H and O–H groups in total. The number of pyridine rings is 1. The van der Waals surface area contributed by atoms with E-state index in [0.29, 0.717) is 16.5 Å². The van der Waals surface area contributed by atoms with Crippen molar-refractivity contribution in [1.82, 2.24) is 29.6 Å². The van der Waals surface area contributed by atoms with Gasteiger partial charge in [-0.15, -0.1) is 0 Å². The molecule has 0 aliphatic carbocycles. The number of ether oxygens (including phenoxy) is 2. The van der Waals surface area contributed by atoms with E-state index in [4.69, 9.17) is 35.8 Å². The van der Waals surface area contributed by atoms with Gasteiger partial charge >= 0.3 is 0 Å². The van der Waals surface area contributed by atoms with Crippen molar-refractivity contribution in [1.29, 1.82) is 0 Å². The minimum absolute atomic E-state index is 0.0833. The number of nitrogens with two attached hydrogens (primary N) is 1. The first-order valence-electron chi connectivity index (χ1n) is 16.8. The Morgan fingerprint density at radius 3 is 2.55 bits per heavy atom. The highest BCUT2D eigenvalue weighted by Crippen LogP contribution is 2.31. The molecule has 51 heavy (non-hydrogen) atoms. The molecule has 1 fully saturated rings. The second kappa shape index (κ2) is 16.4. The lowest BCUT2D eigenvalue weighted by atomic mass is 10.0. The lowest BCUT2D eigenvalue weighted by Gasteiger charge is -2.29. The van der Waals surface area contributed by atoms with Crippen molar-refractivity contribution in [3.63, 3.8) is 0 Å². The maximum Gasteiger partial charge on any atom is 0.214 e. The normalized spacial score (nSPS) is 15.7. The van der Waals surface area contributed by atoms with E-state index in [-0.39, 0.29) is 18.5 Å². The van der Waals surface area contributed by atoms with Gasteiger partial charge in [-0.25, -0.2) is 14.4 Å². The van der Waals surface area contributed by atoms with Crippen LogP contribution in [0, 0.1) is 12.7 Å². The topological polar surface area (TPSA) is 124 Å². The van der Waals surface area contributed by atoms with E-state index in [1.807, 2.05) is 18.9 Å². The zero-order valence-electron chi connectivity index (χ0n) is 28.7. The van der Waals surface area contributed by atoms with Gasteiger partial charge in [0.15, 0.2) is 0 Å². The molecular weight excluding hydrogens is 669 g/mol. The van der Waals surface area contributed by atoms with Crippen molar-refractivity contribution >= 4 is 45.9 Å². The van der Waals surface area contributed by atoms with E-state index < -0.39 is 0 Å². The van der Waals surface area contributed by atoms with E-state index in [2.05, 4.69) is 74.8 Å². The Morgan fingerprint density at radius 2 is 1.82 bits per heavy atom. The van der Waals surface area contributed by atoms with Crippen LogP contribution in [0.4, 0.5) is 4.39 Å². The number of fused-ring (bicyclic) bond motifs is 2. The van der Waals surface area contributed by atoms with Gasteiger partial charge in [-0.05, 0) is 86.0 Å². The minimum atomic E-state index is -0.389. The highest BCUT2D eigenvalue weighted by Gasteiger charge is 2.24. The molecule has 12 heteroatoms. The van der Waals surface area contributed by atoms with E-state index >= 15 is 0 Å². The Kier molecular flexibility index (Phi) is 11.5. The molecule has 5 heterocycles. The molecule has 3 aromatic carbocycles. The first kappa shape index (κ1) is 35.9. The molecule has 2 aliphatic rings. The number of rotatable bonds is 9. The standard InChI is InChI=1S/C37H34ClFN6O2.CH5N.CH2O/c1-23-30-17-25(6-9-33(30)43-42-23)26-7-10-34-35(18-26)45(20-29-13-16-46-29)36(40-34)21-44-14-11-24(12-15-44)32-3-2-4-37(41-32)47-22-27-5-8-28(38)19-31(27)39;2*1-2/h2-11,17-19,29H,12-16,20-22H2,1H3,(H,42,43);2H2,1H3;1H2. The third-order valence-corrected chi connectivity index (χ3v) is 9.42. The predicted octanol–water partition coefficient (Wildman–Crippen LogP) is 7.12. The number of carbonyl (C=O) groups excluding carboxylic acids is 1. The van der Waals surface area contributed by atoms with E-state index in [1.165, 1.54) is 18.7 Å². The summed E-state index contributed by atoms with van der Waals surface area (Å²) < 4.78 is 28.3. The van der Waals surface area contributed by atoms with Crippen LogP contribution in [-0.2, 0) is 29.2 Å². The number of benzene rings is 3. The average molecular weight is 710 g/mol. The Hall–Kier alpha value is -4.94. The molecule has 0 bridgehead atoms. The summed E-state index contributed by atoms with van der Waals surface area (Å²) in [6.45, 7) is 8.16. The second-order valence-corrected chi connectivity index (χ2v) is 12.7. The number of nitrogens with one attached hydrogen (secondary N) is 1. The number of nitrogens with zero attached hydrogens (tertiary/aromatic N) is 5. The molecule has 1 atom stereocenters. The van der Waals surface area contributed by atoms with E-state index in [1.54, 1.807) is 18.2 Å². The van der Waals surface area contributed by atoms with Crippen LogP contribution in [0.3, 0.4) is 0 Å². The number of aryl methyl sites for hydroxylation is 1. The Labute approximate surface area is 301 Å². The van der Waals surface area contributed by atoms with Gasteiger partial charge in [0.2, 0.25) is 5.88 Å². The van der Waals surface area contributed by atoms with Gasteiger partial charge < -0.3 is 24.6 Å². The van der Waals surface area contributed by atoms with Gasteiger partial charge in [0.1, 0.15) is 25.0 Å². The molecule has 1 unspecified atom stereocenters. The molecule has 0 amide bonds. The quantitative estimate of drug-likeness (QED) is 0.163. The molecule has 0 saturated carbocycles. The van der Waals surface area contributed by atoms with Gasteiger partial charge in [0.05, 0.1) is 41.4 Å². The molecule has 264 valence electrons.